The van der Waals surface area contributed by atoms with Crippen LogP contribution in [0.4, 0.5) is 4.79 Å². The second-order valence-electron chi connectivity index (χ2n) is 8.17. The molecule has 152 valence electrons. The fourth-order valence-corrected chi connectivity index (χ4v) is 4.75. The third-order valence-electron chi connectivity index (χ3n) is 6.55. The van der Waals surface area contributed by atoms with Gasteiger partial charge in [0.2, 0.25) is 0 Å². The molecule has 1 aromatic carbocycles. The zero-order valence-electron chi connectivity index (χ0n) is 17.1. The van der Waals surface area contributed by atoms with Crippen molar-refractivity contribution < 1.29 is 9.53 Å². The summed E-state index contributed by atoms with van der Waals surface area (Å²) in [5, 5.41) is 9.19. The van der Waals surface area contributed by atoms with Crippen molar-refractivity contribution in [2.24, 2.45) is 0 Å². The maximum Gasteiger partial charge on any atom is 0.317 e. The van der Waals surface area contributed by atoms with E-state index in [4.69, 9.17) is 9.84 Å². The smallest absolute Gasteiger partial charge is 0.317 e. The van der Waals surface area contributed by atoms with E-state index in [2.05, 4.69) is 35.1 Å². The summed E-state index contributed by atoms with van der Waals surface area (Å²) in [6.07, 6.45) is 9.40. The van der Waals surface area contributed by atoms with E-state index in [1.165, 1.54) is 16.5 Å². The molecule has 6 heteroatoms. The van der Waals surface area contributed by atoms with Gasteiger partial charge in [0.1, 0.15) is 0 Å². The molecule has 2 aromatic rings. The average molecular weight is 385 g/mol. The molecule has 1 saturated carbocycles. The van der Waals surface area contributed by atoms with Crippen molar-refractivity contribution in [2.75, 3.05) is 20.2 Å². The molecule has 0 radical (unpaired) electrons. The van der Waals surface area contributed by atoms with E-state index in [0.29, 0.717) is 18.2 Å². The minimum Gasteiger partial charge on any atom is -0.381 e. The number of rotatable bonds is 4. The van der Waals surface area contributed by atoms with Crippen LogP contribution in [0.15, 0.2) is 24.4 Å². The molecule has 1 N–H and O–H groups in total. The van der Waals surface area contributed by atoms with Gasteiger partial charge >= 0.3 is 6.03 Å². The van der Waals surface area contributed by atoms with Gasteiger partial charge in [-0.05, 0) is 56.6 Å². The van der Waals surface area contributed by atoms with Crippen LogP contribution in [-0.2, 0) is 11.2 Å². The Morgan fingerprint density at radius 3 is 2.61 bits per heavy atom. The van der Waals surface area contributed by atoms with Crippen molar-refractivity contribution in [2.45, 2.75) is 70.1 Å². The van der Waals surface area contributed by atoms with Crippen molar-refractivity contribution in [3.05, 3.63) is 30.0 Å². The Morgan fingerprint density at radius 2 is 1.93 bits per heavy atom. The number of nitrogens with zero attached hydrogens (tertiary/aromatic N) is 3. The number of likely N-dealkylation sites (tertiary alicyclic amines) is 1. The first-order chi connectivity index (χ1) is 13.7. The summed E-state index contributed by atoms with van der Waals surface area (Å²) in [5.74, 6) is 0. The molecular formula is C22H32N4O2. The molecule has 2 amide bonds. The van der Waals surface area contributed by atoms with Gasteiger partial charge in [0.25, 0.3) is 0 Å². The Bertz CT molecular complexity index is 802. The number of methoxy groups -OCH3 is 1. The molecule has 0 bridgehead atoms. The molecular weight excluding hydrogens is 352 g/mol. The number of amides is 2. The second-order valence-corrected chi connectivity index (χ2v) is 8.17. The summed E-state index contributed by atoms with van der Waals surface area (Å²) in [7, 11) is 1.78. The molecule has 6 nitrogen and oxygen atoms in total. The number of piperidine rings is 1. The molecule has 4 rings (SSSR count). The maximum atomic E-state index is 12.7. The van der Waals surface area contributed by atoms with Crippen LogP contribution in [0.25, 0.3) is 10.9 Å². The Hall–Kier alpha value is -2.08. The van der Waals surface area contributed by atoms with E-state index < -0.39 is 0 Å². The number of carbonyl (C=O) groups is 1. The molecule has 1 aliphatic heterocycles. The van der Waals surface area contributed by atoms with Gasteiger partial charge in [0, 0.05) is 31.6 Å². The van der Waals surface area contributed by atoms with E-state index in [1.54, 1.807) is 7.11 Å². The first-order valence-electron chi connectivity index (χ1n) is 10.7. The van der Waals surface area contributed by atoms with Crippen LogP contribution >= 0.6 is 0 Å². The third kappa shape index (κ3) is 3.88. The van der Waals surface area contributed by atoms with E-state index in [-0.39, 0.29) is 6.03 Å². The molecule has 1 saturated heterocycles. The first-order valence-corrected chi connectivity index (χ1v) is 10.7. The molecule has 0 spiro atoms. The van der Waals surface area contributed by atoms with Crippen molar-refractivity contribution in [3.63, 3.8) is 0 Å². The molecule has 28 heavy (non-hydrogen) atoms. The molecule has 1 aliphatic carbocycles. The van der Waals surface area contributed by atoms with Crippen LogP contribution in [0.5, 0.6) is 0 Å². The summed E-state index contributed by atoms with van der Waals surface area (Å²) in [6, 6.07) is 7.22. The average Bonchev–Trinajstić information content (AvgIpc) is 3.18. The highest BCUT2D eigenvalue weighted by Gasteiger charge is 2.28. The minimum absolute atomic E-state index is 0.0953. The van der Waals surface area contributed by atoms with Crippen LogP contribution < -0.4 is 5.32 Å². The fourth-order valence-electron chi connectivity index (χ4n) is 4.75. The third-order valence-corrected chi connectivity index (χ3v) is 6.55. The number of hydrogen-bond acceptors (Lipinski definition) is 3. The SMILES string of the molecule is CCc1cccc2c1cnn2C1CCN(C(=O)N[C@H]2CC[C@H](OC)CC2)CC1. The Kier molecular flexibility index (Phi) is 5.85. The van der Waals surface area contributed by atoms with Gasteiger partial charge in [-0.3, -0.25) is 4.68 Å². The molecule has 1 aromatic heterocycles. The lowest BCUT2D eigenvalue weighted by molar-refractivity contribution is 0.0624. The van der Waals surface area contributed by atoms with Gasteiger partial charge < -0.3 is 15.0 Å². The van der Waals surface area contributed by atoms with E-state index >= 15 is 0 Å². The Balaban J connectivity index is 1.33. The van der Waals surface area contributed by atoms with Crippen molar-refractivity contribution in [3.8, 4) is 0 Å². The Labute approximate surface area is 167 Å². The van der Waals surface area contributed by atoms with Crippen LogP contribution in [0.2, 0.25) is 0 Å². The summed E-state index contributed by atoms with van der Waals surface area (Å²) in [5.41, 5.74) is 2.57. The Morgan fingerprint density at radius 1 is 1.18 bits per heavy atom. The van der Waals surface area contributed by atoms with Crippen molar-refractivity contribution >= 4 is 16.9 Å². The highest BCUT2D eigenvalue weighted by molar-refractivity contribution is 5.82. The summed E-state index contributed by atoms with van der Waals surface area (Å²) < 4.78 is 7.60. The normalized spacial score (nSPS) is 23.9. The molecule has 0 unspecified atom stereocenters. The lowest BCUT2D eigenvalue weighted by atomic mass is 9.93. The van der Waals surface area contributed by atoms with E-state index in [9.17, 15) is 4.79 Å². The van der Waals surface area contributed by atoms with Gasteiger partial charge in [-0.2, -0.15) is 5.10 Å². The number of urea groups is 1. The standard InChI is InChI=1S/C22H32N4O2/c1-3-16-5-4-6-21-20(16)15-23-26(21)18-11-13-25(14-12-18)22(27)24-17-7-9-19(28-2)10-8-17/h4-6,15,17-19H,3,7-14H2,1-2H3,(H,24,27)/t17-,19-. The van der Waals surface area contributed by atoms with Crippen LogP contribution in [0.1, 0.15) is 57.1 Å². The lowest BCUT2D eigenvalue weighted by Crippen LogP contribution is -2.49. The second kappa shape index (κ2) is 8.52. The number of fused-ring (bicyclic) bond motifs is 1. The highest BCUT2D eigenvalue weighted by Crippen LogP contribution is 2.28. The van der Waals surface area contributed by atoms with E-state index in [0.717, 1.165) is 58.0 Å². The zero-order valence-corrected chi connectivity index (χ0v) is 17.1. The predicted molar refractivity (Wildman–Crippen MR) is 111 cm³/mol. The topological polar surface area (TPSA) is 59.4 Å². The number of aromatic nitrogens is 2. The van der Waals surface area contributed by atoms with Gasteiger partial charge in [0.05, 0.1) is 23.9 Å². The predicted octanol–water partition coefficient (Wildman–Crippen LogP) is 3.90. The molecule has 0 atom stereocenters. The summed E-state index contributed by atoms with van der Waals surface area (Å²) >= 11 is 0. The number of carbonyl (C=O) groups excluding carboxylic acids is 1. The lowest BCUT2D eigenvalue weighted by Gasteiger charge is -2.35. The summed E-state index contributed by atoms with van der Waals surface area (Å²) in [6.45, 7) is 3.77. The maximum absolute atomic E-state index is 12.7. The van der Waals surface area contributed by atoms with Gasteiger partial charge in [-0.15, -0.1) is 0 Å². The first kappa shape index (κ1) is 19.2. The highest BCUT2D eigenvalue weighted by atomic mass is 16.5. The van der Waals surface area contributed by atoms with Gasteiger partial charge in [0.15, 0.2) is 0 Å². The zero-order chi connectivity index (χ0) is 19.5. The minimum atomic E-state index is 0.0953. The largest absolute Gasteiger partial charge is 0.381 e. The quantitative estimate of drug-likeness (QED) is 0.870. The fraction of sp³-hybridized carbons (Fsp3) is 0.636. The van der Waals surface area contributed by atoms with Gasteiger partial charge in [-0.1, -0.05) is 19.1 Å². The van der Waals surface area contributed by atoms with Crippen molar-refractivity contribution in [1.82, 2.24) is 20.0 Å². The summed E-state index contributed by atoms with van der Waals surface area (Å²) in [4.78, 5) is 14.6. The number of nitrogens with one attached hydrogen (secondary N) is 1. The van der Waals surface area contributed by atoms with Crippen LogP contribution in [0.3, 0.4) is 0 Å². The molecule has 2 aliphatic rings. The monoisotopic (exact) mass is 384 g/mol. The number of benzene rings is 1. The molecule has 2 heterocycles. The molecule has 2 fully saturated rings. The van der Waals surface area contributed by atoms with Crippen molar-refractivity contribution in [1.29, 1.82) is 0 Å². The number of aryl methyl sites for hydroxylation is 1. The van der Waals surface area contributed by atoms with Gasteiger partial charge in [-0.25, -0.2) is 4.79 Å². The number of hydrogen-bond donors (Lipinski definition) is 1. The number of ether oxygens (including phenoxy) is 1. The van der Waals surface area contributed by atoms with Crippen LogP contribution in [-0.4, -0.2) is 53.1 Å². The van der Waals surface area contributed by atoms with E-state index in [1.807, 2.05) is 11.1 Å². The van der Waals surface area contributed by atoms with Crippen LogP contribution in [0, 0.1) is 0 Å².